The smallest absolute Gasteiger partial charge is 0.337 e. The zero-order chi connectivity index (χ0) is 16.7. The summed E-state index contributed by atoms with van der Waals surface area (Å²) in [5, 5.41) is 14.1. The molecule has 1 unspecified atom stereocenters. The number of aliphatic carboxylic acids is 1. The largest absolute Gasteiger partial charge is 0.478 e. The van der Waals surface area contributed by atoms with Gasteiger partial charge in [-0.15, -0.1) is 0 Å². The molecule has 2 aromatic heterocycles. The molecular formula is C17H17N5O2. The Morgan fingerprint density at radius 1 is 1.42 bits per heavy atom. The molecule has 4 heterocycles. The quantitative estimate of drug-likeness (QED) is 0.790. The van der Waals surface area contributed by atoms with Crippen molar-refractivity contribution in [1.82, 2.24) is 25.1 Å². The Morgan fingerprint density at radius 3 is 2.96 bits per heavy atom. The summed E-state index contributed by atoms with van der Waals surface area (Å²) in [4.78, 5) is 15.4. The molecule has 7 nitrogen and oxygen atoms in total. The molecule has 0 bridgehead atoms. The third-order valence-electron chi connectivity index (χ3n) is 4.23. The lowest BCUT2D eigenvalue weighted by Crippen LogP contribution is -2.23. The highest BCUT2D eigenvalue weighted by atomic mass is 16.4. The fourth-order valence-electron chi connectivity index (χ4n) is 2.93. The lowest BCUT2D eigenvalue weighted by Gasteiger charge is -2.17. The van der Waals surface area contributed by atoms with Crippen LogP contribution in [0.15, 0.2) is 54.7 Å². The normalized spacial score (nSPS) is 20.0. The molecule has 0 amide bonds. The number of carbonyl (C=O) groups is 1. The van der Waals surface area contributed by atoms with Crippen LogP contribution >= 0.6 is 0 Å². The van der Waals surface area contributed by atoms with Crippen molar-refractivity contribution in [3.8, 4) is 0 Å². The van der Waals surface area contributed by atoms with Crippen molar-refractivity contribution in [1.29, 1.82) is 0 Å². The first kappa shape index (κ1) is 14.5. The van der Waals surface area contributed by atoms with Gasteiger partial charge in [-0.1, -0.05) is 6.08 Å². The maximum absolute atomic E-state index is 11.0. The van der Waals surface area contributed by atoms with E-state index in [4.69, 9.17) is 5.11 Å². The Kier molecular flexibility index (Phi) is 3.35. The molecule has 122 valence electrons. The first-order valence-electron chi connectivity index (χ1n) is 7.64. The van der Waals surface area contributed by atoms with Gasteiger partial charge in [-0.2, -0.15) is 0 Å². The number of carboxylic acid groups (broad SMARTS) is 1. The van der Waals surface area contributed by atoms with Gasteiger partial charge in [0, 0.05) is 32.2 Å². The van der Waals surface area contributed by atoms with Gasteiger partial charge in [0.15, 0.2) is 0 Å². The van der Waals surface area contributed by atoms with Crippen LogP contribution in [0.1, 0.15) is 17.3 Å². The molecule has 7 heteroatoms. The molecule has 0 radical (unpaired) electrons. The van der Waals surface area contributed by atoms with E-state index < -0.39 is 5.97 Å². The van der Waals surface area contributed by atoms with Gasteiger partial charge < -0.3 is 19.8 Å². The molecular weight excluding hydrogens is 306 g/mol. The zero-order valence-electron chi connectivity index (χ0n) is 13.1. The minimum absolute atomic E-state index is 0.114. The van der Waals surface area contributed by atoms with Gasteiger partial charge in [-0.25, -0.2) is 15.2 Å². The van der Waals surface area contributed by atoms with Crippen LogP contribution in [0.25, 0.3) is 11.2 Å². The Morgan fingerprint density at radius 2 is 2.29 bits per heavy atom. The molecule has 2 aliphatic rings. The van der Waals surface area contributed by atoms with E-state index >= 15 is 0 Å². The summed E-state index contributed by atoms with van der Waals surface area (Å²) in [6, 6.07) is 3.94. The van der Waals surface area contributed by atoms with Crippen molar-refractivity contribution >= 4 is 17.2 Å². The SMILES string of the molecule is CN1C=C(c2ccc3ncc(C4C=CC(C(=O)O)=CN4)n3c2)CN1. The number of hydrazine groups is 1. The molecule has 4 rings (SSSR count). The maximum atomic E-state index is 11.0. The number of carboxylic acids is 1. The average Bonchev–Trinajstić information content (AvgIpc) is 3.20. The second-order valence-electron chi connectivity index (χ2n) is 5.84. The predicted molar refractivity (Wildman–Crippen MR) is 89.7 cm³/mol. The van der Waals surface area contributed by atoms with Gasteiger partial charge in [0.2, 0.25) is 0 Å². The van der Waals surface area contributed by atoms with Gasteiger partial charge in [0.1, 0.15) is 5.65 Å². The first-order chi connectivity index (χ1) is 11.6. The number of hydrogen-bond acceptors (Lipinski definition) is 5. The lowest BCUT2D eigenvalue weighted by molar-refractivity contribution is -0.132. The van der Waals surface area contributed by atoms with Crippen LogP contribution in [0.4, 0.5) is 0 Å². The third-order valence-corrected chi connectivity index (χ3v) is 4.23. The second kappa shape index (κ2) is 5.54. The number of dihydropyridines is 1. The number of fused-ring (bicyclic) bond motifs is 1. The van der Waals surface area contributed by atoms with E-state index in [2.05, 4.69) is 34.2 Å². The molecule has 0 fully saturated rings. The Bertz CT molecular complexity index is 909. The van der Waals surface area contributed by atoms with E-state index in [9.17, 15) is 4.79 Å². The molecule has 24 heavy (non-hydrogen) atoms. The Labute approximate surface area is 138 Å². The van der Waals surface area contributed by atoms with Gasteiger partial charge in [-0.3, -0.25) is 0 Å². The van der Waals surface area contributed by atoms with Crippen LogP contribution in [0.3, 0.4) is 0 Å². The van der Waals surface area contributed by atoms with Crippen molar-refractivity contribution in [2.24, 2.45) is 0 Å². The highest BCUT2D eigenvalue weighted by Gasteiger charge is 2.18. The number of pyridine rings is 1. The molecule has 0 aromatic carbocycles. The predicted octanol–water partition coefficient (Wildman–Crippen LogP) is 1.29. The molecule has 0 aliphatic carbocycles. The zero-order valence-corrected chi connectivity index (χ0v) is 13.1. The molecule has 2 aliphatic heterocycles. The fourth-order valence-corrected chi connectivity index (χ4v) is 2.93. The van der Waals surface area contributed by atoms with E-state index in [0.29, 0.717) is 0 Å². The van der Waals surface area contributed by atoms with E-state index in [1.54, 1.807) is 6.08 Å². The Balaban J connectivity index is 1.69. The van der Waals surface area contributed by atoms with Crippen molar-refractivity contribution in [2.75, 3.05) is 13.6 Å². The summed E-state index contributed by atoms with van der Waals surface area (Å²) >= 11 is 0. The molecule has 3 N–H and O–H groups in total. The number of nitrogens with one attached hydrogen (secondary N) is 2. The number of aromatic nitrogens is 2. The van der Waals surface area contributed by atoms with Gasteiger partial charge in [0.25, 0.3) is 0 Å². The Hall–Kier alpha value is -3.06. The summed E-state index contributed by atoms with van der Waals surface area (Å²) in [7, 11) is 1.97. The van der Waals surface area contributed by atoms with E-state index in [1.807, 2.05) is 34.8 Å². The maximum Gasteiger partial charge on any atom is 0.337 e. The van der Waals surface area contributed by atoms with E-state index in [-0.39, 0.29) is 11.6 Å². The van der Waals surface area contributed by atoms with Crippen LogP contribution in [0, 0.1) is 0 Å². The molecule has 0 spiro atoms. The second-order valence-corrected chi connectivity index (χ2v) is 5.84. The summed E-state index contributed by atoms with van der Waals surface area (Å²) in [6.07, 6.45) is 10.9. The molecule has 0 saturated heterocycles. The first-order valence-corrected chi connectivity index (χ1v) is 7.64. The number of imidazole rings is 1. The van der Waals surface area contributed by atoms with Crippen LogP contribution in [0.5, 0.6) is 0 Å². The minimum Gasteiger partial charge on any atom is -0.478 e. The summed E-state index contributed by atoms with van der Waals surface area (Å²) < 4.78 is 2.04. The summed E-state index contributed by atoms with van der Waals surface area (Å²) in [5.41, 5.74) is 7.63. The monoisotopic (exact) mass is 323 g/mol. The molecule has 1 atom stereocenters. The van der Waals surface area contributed by atoms with E-state index in [1.165, 1.54) is 11.8 Å². The molecule has 2 aromatic rings. The molecule has 0 saturated carbocycles. The third kappa shape index (κ3) is 2.44. The number of hydrogen-bond donors (Lipinski definition) is 3. The van der Waals surface area contributed by atoms with Crippen molar-refractivity contribution in [2.45, 2.75) is 6.04 Å². The van der Waals surface area contributed by atoms with Gasteiger partial charge in [0.05, 0.1) is 23.5 Å². The van der Waals surface area contributed by atoms with Crippen LogP contribution < -0.4 is 10.7 Å². The average molecular weight is 323 g/mol. The number of nitrogens with zero attached hydrogens (tertiary/aromatic N) is 3. The van der Waals surface area contributed by atoms with Crippen molar-refractivity contribution in [3.05, 3.63) is 65.9 Å². The summed E-state index contributed by atoms with van der Waals surface area (Å²) in [5.74, 6) is -0.942. The van der Waals surface area contributed by atoms with Crippen molar-refractivity contribution < 1.29 is 9.90 Å². The minimum atomic E-state index is -0.942. The van der Waals surface area contributed by atoms with E-state index in [0.717, 1.165) is 23.4 Å². The van der Waals surface area contributed by atoms with Crippen LogP contribution in [-0.4, -0.2) is 39.1 Å². The fraction of sp³-hybridized carbons (Fsp3) is 0.176. The van der Waals surface area contributed by atoms with Crippen LogP contribution in [-0.2, 0) is 4.79 Å². The van der Waals surface area contributed by atoms with Crippen molar-refractivity contribution in [3.63, 3.8) is 0 Å². The standard InChI is InChI=1S/C17H17N5O2/c1-21-9-13(7-20-21)12-3-5-16-19-8-15(22(16)10-12)14-4-2-11(6-18-14)17(23)24/h2-6,8-10,14,18,20H,7H2,1H3,(H,23,24). The van der Waals surface area contributed by atoms with Gasteiger partial charge in [-0.05, 0) is 29.3 Å². The van der Waals surface area contributed by atoms with Crippen LogP contribution in [0.2, 0.25) is 0 Å². The topological polar surface area (TPSA) is 81.9 Å². The summed E-state index contributed by atoms with van der Waals surface area (Å²) in [6.45, 7) is 0.790. The number of rotatable bonds is 3. The van der Waals surface area contributed by atoms with Gasteiger partial charge >= 0.3 is 5.97 Å². The highest BCUT2D eigenvalue weighted by molar-refractivity contribution is 5.90. The lowest BCUT2D eigenvalue weighted by atomic mass is 10.1. The highest BCUT2D eigenvalue weighted by Crippen LogP contribution is 2.23.